The molecule has 0 aliphatic carbocycles. The average molecular weight is 203 g/mol. The van der Waals surface area contributed by atoms with Crippen LogP contribution in [0.2, 0.25) is 0 Å². The number of hydrogen-bond donors (Lipinski definition) is 2. The van der Waals surface area contributed by atoms with Crippen molar-refractivity contribution in [3.8, 4) is 0 Å². The summed E-state index contributed by atoms with van der Waals surface area (Å²) >= 11 is 0. The molecule has 0 spiro atoms. The molecule has 0 saturated carbocycles. The molecular weight excluding hydrogens is 178 g/mol. The summed E-state index contributed by atoms with van der Waals surface area (Å²) in [5.74, 6) is 0. The molecule has 0 rings (SSSR count). The van der Waals surface area contributed by atoms with E-state index in [1.54, 1.807) is 0 Å². The number of nitrogens with zero attached hydrogens (tertiary/aromatic N) is 1. The fourth-order valence-electron chi connectivity index (χ4n) is 1.12. The van der Waals surface area contributed by atoms with Crippen molar-refractivity contribution in [3.63, 3.8) is 0 Å². The summed E-state index contributed by atoms with van der Waals surface area (Å²) in [5, 5.41) is 0. The first-order chi connectivity index (χ1) is 5.97. The Morgan fingerprint density at radius 2 is 1.46 bits per heavy atom. The fraction of sp³-hybridized carbons (Fsp3) is 1.00. The summed E-state index contributed by atoms with van der Waals surface area (Å²) in [5.41, 5.74) is 0. The molecule has 0 heterocycles. The highest BCUT2D eigenvalue weighted by molar-refractivity contribution is 6.50. The van der Waals surface area contributed by atoms with Crippen molar-refractivity contribution in [2.24, 2.45) is 0 Å². The normalized spacial score (nSPS) is 12.5. The average Bonchev–Trinajstić information content (AvgIpc) is 2.00. The summed E-state index contributed by atoms with van der Waals surface area (Å²) < 4.78 is 2.40. The summed E-state index contributed by atoms with van der Waals surface area (Å²) in [4.78, 5) is 7.23. The fourth-order valence-corrected chi connectivity index (χ4v) is 3.35. The Bertz CT molecular complexity index is 118. The molecule has 3 nitrogen and oxygen atoms in total. The molecule has 0 aliphatic rings. The first-order valence-corrected chi connectivity index (χ1v) is 6.86. The Morgan fingerprint density at radius 1 is 1.08 bits per heavy atom. The first-order valence-electron chi connectivity index (χ1n) is 5.19. The number of nitrogens with one attached hydrogen (secondary N) is 2. The number of hydrogen-bond acceptors (Lipinski definition) is 3. The van der Waals surface area contributed by atoms with Gasteiger partial charge in [0, 0.05) is 0 Å². The van der Waals surface area contributed by atoms with Crippen LogP contribution in [0.25, 0.3) is 0 Å². The second kappa shape index (κ2) is 6.54. The van der Waals surface area contributed by atoms with Gasteiger partial charge in [-0.2, -0.15) is 0 Å². The summed E-state index contributed by atoms with van der Waals surface area (Å²) in [7, 11) is 1.07. The van der Waals surface area contributed by atoms with Gasteiger partial charge in [0.05, 0.1) is 0 Å². The predicted molar refractivity (Wildman–Crippen MR) is 62.0 cm³/mol. The second-order valence-electron chi connectivity index (χ2n) is 4.12. The Labute approximate surface area is 84.7 Å². The summed E-state index contributed by atoms with van der Waals surface area (Å²) in [6.07, 6.45) is 0. The second-order valence-corrected chi connectivity index (χ2v) is 6.47. The van der Waals surface area contributed by atoms with Crippen molar-refractivity contribution in [1.82, 2.24) is 14.5 Å². The van der Waals surface area contributed by atoms with Crippen molar-refractivity contribution in [2.75, 3.05) is 13.6 Å². The van der Waals surface area contributed by atoms with Gasteiger partial charge < -0.3 is 14.5 Å². The van der Waals surface area contributed by atoms with Crippen molar-refractivity contribution in [2.45, 2.75) is 46.7 Å². The van der Waals surface area contributed by atoms with E-state index in [1.807, 2.05) is 0 Å². The third-order valence-electron chi connectivity index (χ3n) is 1.92. The van der Waals surface area contributed by atoms with Crippen molar-refractivity contribution in [1.29, 1.82) is 0 Å². The van der Waals surface area contributed by atoms with Gasteiger partial charge in [-0.3, -0.25) is 0 Å². The van der Waals surface area contributed by atoms with Crippen LogP contribution in [0.5, 0.6) is 0 Å². The van der Waals surface area contributed by atoms with E-state index in [1.165, 1.54) is 0 Å². The van der Waals surface area contributed by atoms with Gasteiger partial charge in [-0.25, -0.2) is 0 Å². The van der Waals surface area contributed by atoms with Gasteiger partial charge in [0.15, 0.2) is 0 Å². The van der Waals surface area contributed by atoms with E-state index in [0.29, 0.717) is 12.1 Å². The zero-order valence-corrected chi connectivity index (χ0v) is 11.0. The summed E-state index contributed by atoms with van der Waals surface area (Å²) in [6, 6.07) is 1.13. The van der Waals surface area contributed by atoms with Crippen LogP contribution >= 0.6 is 0 Å². The first kappa shape index (κ1) is 13.1. The molecule has 80 valence electrons. The van der Waals surface area contributed by atoms with E-state index in [0.717, 1.165) is 6.54 Å². The SMILES string of the molecule is CCN(C)[SiH](NC(C)C)NC(C)C. The largest absolute Gasteiger partial charge is 0.313 e. The van der Waals surface area contributed by atoms with Crippen LogP contribution in [0.3, 0.4) is 0 Å². The maximum atomic E-state index is 3.62. The monoisotopic (exact) mass is 203 g/mol. The van der Waals surface area contributed by atoms with Gasteiger partial charge in [-0.05, 0) is 25.7 Å². The molecular formula is C9H25N3Si. The van der Waals surface area contributed by atoms with Gasteiger partial charge in [0.1, 0.15) is 0 Å². The van der Waals surface area contributed by atoms with Crippen molar-refractivity contribution < 1.29 is 0 Å². The molecule has 0 radical (unpaired) electrons. The quantitative estimate of drug-likeness (QED) is 0.621. The maximum Gasteiger partial charge on any atom is 0.267 e. The highest BCUT2D eigenvalue weighted by atomic mass is 28.3. The topological polar surface area (TPSA) is 27.3 Å². The van der Waals surface area contributed by atoms with Crippen LogP contribution < -0.4 is 9.96 Å². The summed E-state index contributed by atoms with van der Waals surface area (Å²) in [6.45, 7) is 12.1. The third-order valence-corrected chi connectivity index (χ3v) is 5.13. The van der Waals surface area contributed by atoms with Crippen LogP contribution in [-0.2, 0) is 0 Å². The Morgan fingerprint density at radius 3 is 1.69 bits per heavy atom. The molecule has 13 heavy (non-hydrogen) atoms. The molecule has 2 N–H and O–H groups in total. The predicted octanol–water partition coefficient (Wildman–Crippen LogP) is 0.651. The van der Waals surface area contributed by atoms with E-state index < -0.39 is 9.28 Å². The lowest BCUT2D eigenvalue weighted by atomic mass is 10.4. The Kier molecular flexibility index (Phi) is 6.58. The van der Waals surface area contributed by atoms with Crippen LogP contribution in [0.1, 0.15) is 34.6 Å². The molecule has 0 bridgehead atoms. The molecule has 0 atom stereocenters. The van der Waals surface area contributed by atoms with Crippen LogP contribution in [0, 0.1) is 0 Å². The minimum atomic E-state index is -1.11. The van der Waals surface area contributed by atoms with Crippen LogP contribution in [-0.4, -0.2) is 39.5 Å². The lowest BCUT2D eigenvalue weighted by Gasteiger charge is -2.30. The van der Waals surface area contributed by atoms with E-state index in [-0.39, 0.29) is 0 Å². The lowest BCUT2D eigenvalue weighted by molar-refractivity contribution is 0.494. The maximum absolute atomic E-state index is 3.62. The van der Waals surface area contributed by atoms with E-state index in [9.17, 15) is 0 Å². The Hall–Kier alpha value is 0.0969. The van der Waals surface area contributed by atoms with E-state index >= 15 is 0 Å². The van der Waals surface area contributed by atoms with Crippen molar-refractivity contribution in [3.05, 3.63) is 0 Å². The highest BCUT2D eigenvalue weighted by Crippen LogP contribution is 1.89. The van der Waals surface area contributed by atoms with Crippen LogP contribution in [0.4, 0.5) is 0 Å². The zero-order valence-electron chi connectivity index (χ0n) is 9.89. The molecule has 0 fully saturated rings. The standard InChI is InChI=1S/C9H25N3Si/c1-7-12(6)13(10-8(2)3)11-9(4)5/h8-11,13H,7H2,1-6H3. The highest BCUT2D eigenvalue weighted by Gasteiger charge is 2.17. The molecule has 0 unspecified atom stereocenters. The molecule has 0 aromatic heterocycles. The molecule has 0 aromatic carbocycles. The van der Waals surface area contributed by atoms with Crippen LogP contribution in [0.15, 0.2) is 0 Å². The van der Waals surface area contributed by atoms with Crippen molar-refractivity contribution >= 4 is 9.28 Å². The zero-order chi connectivity index (χ0) is 10.4. The molecule has 4 heteroatoms. The minimum absolute atomic E-state index is 0.567. The molecule has 0 aliphatic heterocycles. The van der Waals surface area contributed by atoms with Gasteiger partial charge in [-0.15, -0.1) is 0 Å². The van der Waals surface area contributed by atoms with Gasteiger partial charge in [-0.1, -0.05) is 34.6 Å². The molecule has 0 amide bonds. The van der Waals surface area contributed by atoms with Gasteiger partial charge in [0.25, 0.3) is 9.28 Å². The van der Waals surface area contributed by atoms with E-state index in [2.05, 4.69) is 56.2 Å². The Balaban J connectivity index is 4.02. The molecule has 0 saturated heterocycles. The van der Waals surface area contributed by atoms with E-state index in [4.69, 9.17) is 0 Å². The smallest absolute Gasteiger partial charge is 0.267 e. The lowest BCUT2D eigenvalue weighted by Crippen LogP contribution is -2.62. The van der Waals surface area contributed by atoms with Gasteiger partial charge in [0.2, 0.25) is 0 Å². The number of rotatable bonds is 6. The third kappa shape index (κ3) is 6.21. The molecule has 0 aromatic rings. The minimum Gasteiger partial charge on any atom is -0.313 e. The van der Waals surface area contributed by atoms with Gasteiger partial charge >= 0.3 is 0 Å².